The van der Waals surface area contributed by atoms with Gasteiger partial charge in [0.2, 0.25) is 0 Å². The van der Waals surface area contributed by atoms with Crippen molar-refractivity contribution < 1.29 is 5.11 Å². The van der Waals surface area contributed by atoms with Crippen LogP contribution in [0.25, 0.3) is 0 Å². The minimum Gasteiger partial charge on any atom is -0.391 e. The van der Waals surface area contributed by atoms with Gasteiger partial charge in [0, 0.05) is 11.3 Å². The first-order valence-corrected chi connectivity index (χ1v) is 6.92. The Balaban J connectivity index is 2.01. The molecule has 1 fully saturated rings. The van der Waals surface area contributed by atoms with Crippen LogP contribution in [-0.4, -0.2) is 22.2 Å². The van der Waals surface area contributed by atoms with Gasteiger partial charge in [-0.25, -0.2) is 0 Å². The van der Waals surface area contributed by atoms with E-state index in [4.69, 9.17) is 18.0 Å². The fraction of sp³-hybridized carbons (Fsp3) is 0.500. The standard InChI is InChI=1S/C14H20N2OS/c15-14(18)10-6-8-11(9-7-10)16-12-4-2-1-3-5-13(12)17/h6-9,12-13,16-17H,1-5H2,(H2,15,18). The van der Waals surface area contributed by atoms with Gasteiger partial charge in [-0.2, -0.15) is 0 Å². The number of nitrogens with two attached hydrogens (primary N) is 1. The molecular weight excluding hydrogens is 244 g/mol. The van der Waals surface area contributed by atoms with Gasteiger partial charge >= 0.3 is 0 Å². The number of thiocarbonyl (C=S) groups is 1. The van der Waals surface area contributed by atoms with E-state index in [1.165, 1.54) is 12.8 Å². The van der Waals surface area contributed by atoms with Crippen molar-refractivity contribution in [3.05, 3.63) is 29.8 Å². The van der Waals surface area contributed by atoms with Crippen molar-refractivity contribution >= 4 is 22.9 Å². The molecule has 18 heavy (non-hydrogen) atoms. The van der Waals surface area contributed by atoms with Gasteiger partial charge in [0.25, 0.3) is 0 Å². The molecule has 0 radical (unpaired) electrons. The average Bonchev–Trinajstić information content (AvgIpc) is 2.56. The molecule has 4 N–H and O–H groups in total. The summed E-state index contributed by atoms with van der Waals surface area (Å²) in [7, 11) is 0. The van der Waals surface area contributed by atoms with Crippen molar-refractivity contribution in [2.45, 2.75) is 44.2 Å². The van der Waals surface area contributed by atoms with Crippen LogP contribution in [0.1, 0.15) is 37.7 Å². The Labute approximate surface area is 113 Å². The lowest BCUT2D eigenvalue weighted by Crippen LogP contribution is -2.32. The largest absolute Gasteiger partial charge is 0.391 e. The van der Waals surface area contributed by atoms with E-state index in [0.717, 1.165) is 30.5 Å². The summed E-state index contributed by atoms with van der Waals surface area (Å²) in [5.41, 5.74) is 7.45. The summed E-state index contributed by atoms with van der Waals surface area (Å²) >= 11 is 4.92. The van der Waals surface area contributed by atoms with Gasteiger partial charge in [-0.15, -0.1) is 0 Å². The molecule has 4 heteroatoms. The van der Waals surface area contributed by atoms with Crippen molar-refractivity contribution in [2.24, 2.45) is 5.73 Å². The zero-order valence-corrected chi connectivity index (χ0v) is 11.2. The van der Waals surface area contributed by atoms with Crippen molar-refractivity contribution in [3.63, 3.8) is 0 Å². The molecule has 0 bridgehead atoms. The molecule has 0 heterocycles. The number of hydrogen-bond donors (Lipinski definition) is 3. The van der Waals surface area contributed by atoms with Crippen LogP contribution in [0.15, 0.2) is 24.3 Å². The zero-order valence-electron chi connectivity index (χ0n) is 10.4. The molecule has 0 amide bonds. The summed E-state index contributed by atoms with van der Waals surface area (Å²) in [5.74, 6) is 0. The molecule has 2 atom stereocenters. The van der Waals surface area contributed by atoms with Crippen LogP contribution in [-0.2, 0) is 0 Å². The maximum absolute atomic E-state index is 10.0. The van der Waals surface area contributed by atoms with Gasteiger partial charge in [-0.05, 0) is 37.1 Å². The second-order valence-electron chi connectivity index (χ2n) is 4.90. The fourth-order valence-corrected chi connectivity index (χ4v) is 2.54. The van der Waals surface area contributed by atoms with Crippen LogP contribution >= 0.6 is 12.2 Å². The second-order valence-corrected chi connectivity index (χ2v) is 5.34. The normalized spacial score (nSPS) is 24.3. The lowest BCUT2D eigenvalue weighted by Gasteiger charge is -2.23. The third-order valence-corrected chi connectivity index (χ3v) is 3.74. The molecule has 0 aromatic heterocycles. The van der Waals surface area contributed by atoms with Crippen LogP contribution in [0, 0.1) is 0 Å². The lowest BCUT2D eigenvalue weighted by molar-refractivity contribution is 0.144. The van der Waals surface area contributed by atoms with E-state index >= 15 is 0 Å². The van der Waals surface area contributed by atoms with E-state index in [1.807, 2.05) is 24.3 Å². The molecule has 1 aliphatic rings. The summed E-state index contributed by atoms with van der Waals surface area (Å²) in [5, 5.41) is 13.5. The van der Waals surface area contributed by atoms with Gasteiger partial charge in [0.05, 0.1) is 12.1 Å². The summed E-state index contributed by atoms with van der Waals surface area (Å²) in [6.07, 6.45) is 5.19. The van der Waals surface area contributed by atoms with Gasteiger partial charge in [-0.1, -0.05) is 31.5 Å². The highest BCUT2D eigenvalue weighted by Crippen LogP contribution is 2.22. The van der Waals surface area contributed by atoms with Crippen LogP contribution in [0.4, 0.5) is 5.69 Å². The second kappa shape index (κ2) is 6.16. The molecule has 0 saturated heterocycles. The Morgan fingerprint density at radius 1 is 1.17 bits per heavy atom. The topological polar surface area (TPSA) is 58.3 Å². The molecule has 3 nitrogen and oxygen atoms in total. The Hall–Kier alpha value is -1.13. The minimum absolute atomic E-state index is 0.156. The number of aliphatic hydroxyl groups excluding tert-OH is 1. The third kappa shape index (κ3) is 3.43. The van der Waals surface area contributed by atoms with E-state index < -0.39 is 0 Å². The Morgan fingerprint density at radius 2 is 1.83 bits per heavy atom. The highest BCUT2D eigenvalue weighted by atomic mass is 32.1. The third-order valence-electron chi connectivity index (χ3n) is 3.50. The molecule has 1 saturated carbocycles. The molecule has 2 rings (SSSR count). The molecule has 1 aliphatic carbocycles. The highest BCUT2D eigenvalue weighted by molar-refractivity contribution is 7.80. The predicted molar refractivity (Wildman–Crippen MR) is 78.8 cm³/mol. The van der Waals surface area contributed by atoms with Crippen LogP contribution < -0.4 is 11.1 Å². The van der Waals surface area contributed by atoms with Gasteiger partial charge in [-0.3, -0.25) is 0 Å². The highest BCUT2D eigenvalue weighted by Gasteiger charge is 2.21. The van der Waals surface area contributed by atoms with Crippen LogP contribution in [0.2, 0.25) is 0 Å². The summed E-state index contributed by atoms with van der Waals surface area (Å²) < 4.78 is 0. The van der Waals surface area contributed by atoms with E-state index in [-0.39, 0.29) is 12.1 Å². The van der Waals surface area contributed by atoms with E-state index in [0.29, 0.717) is 4.99 Å². The number of aliphatic hydroxyl groups is 1. The predicted octanol–water partition coefficient (Wildman–Crippen LogP) is 2.43. The van der Waals surface area contributed by atoms with E-state index in [1.54, 1.807) is 0 Å². The first kappa shape index (κ1) is 13.3. The number of hydrogen-bond acceptors (Lipinski definition) is 3. The number of nitrogens with one attached hydrogen (secondary N) is 1. The SMILES string of the molecule is NC(=S)c1ccc(NC2CCCCCC2O)cc1. The number of benzene rings is 1. The maximum atomic E-state index is 10.0. The molecule has 1 aromatic rings. The van der Waals surface area contributed by atoms with Gasteiger partial charge in [0.1, 0.15) is 4.99 Å². The average molecular weight is 264 g/mol. The van der Waals surface area contributed by atoms with Gasteiger partial charge < -0.3 is 16.2 Å². The Kier molecular flexibility index (Phi) is 4.55. The van der Waals surface area contributed by atoms with Crippen molar-refractivity contribution in [1.29, 1.82) is 0 Å². The molecule has 98 valence electrons. The first-order chi connectivity index (χ1) is 8.66. The Bertz CT molecular complexity index is 405. The van der Waals surface area contributed by atoms with Crippen molar-refractivity contribution in [3.8, 4) is 0 Å². The molecule has 0 spiro atoms. The lowest BCUT2D eigenvalue weighted by atomic mass is 10.1. The first-order valence-electron chi connectivity index (χ1n) is 6.51. The van der Waals surface area contributed by atoms with Crippen molar-refractivity contribution in [1.82, 2.24) is 0 Å². The van der Waals surface area contributed by atoms with E-state index in [2.05, 4.69) is 5.32 Å². The number of anilines is 1. The molecule has 1 aromatic carbocycles. The van der Waals surface area contributed by atoms with Crippen LogP contribution in [0.3, 0.4) is 0 Å². The van der Waals surface area contributed by atoms with Gasteiger partial charge in [0.15, 0.2) is 0 Å². The quantitative estimate of drug-likeness (QED) is 0.580. The maximum Gasteiger partial charge on any atom is 0.103 e. The summed E-state index contributed by atoms with van der Waals surface area (Å²) in [6, 6.07) is 7.91. The fourth-order valence-electron chi connectivity index (χ4n) is 2.40. The van der Waals surface area contributed by atoms with Crippen molar-refractivity contribution in [2.75, 3.05) is 5.32 Å². The Morgan fingerprint density at radius 3 is 2.50 bits per heavy atom. The molecule has 0 aliphatic heterocycles. The molecular formula is C14H20N2OS. The van der Waals surface area contributed by atoms with E-state index in [9.17, 15) is 5.11 Å². The zero-order chi connectivity index (χ0) is 13.0. The van der Waals surface area contributed by atoms with Crippen LogP contribution in [0.5, 0.6) is 0 Å². The monoisotopic (exact) mass is 264 g/mol. The number of rotatable bonds is 3. The molecule has 2 unspecified atom stereocenters. The summed E-state index contributed by atoms with van der Waals surface area (Å²) in [4.78, 5) is 0.413. The minimum atomic E-state index is -0.247. The smallest absolute Gasteiger partial charge is 0.103 e. The summed E-state index contributed by atoms with van der Waals surface area (Å²) in [6.45, 7) is 0.